The molecule has 2 aliphatic heterocycles. The highest BCUT2D eigenvalue weighted by Gasteiger charge is 2.29. The van der Waals surface area contributed by atoms with Gasteiger partial charge < -0.3 is 15.0 Å². The lowest BCUT2D eigenvalue weighted by molar-refractivity contribution is -0.115. The molecule has 1 N–H and O–H groups in total. The summed E-state index contributed by atoms with van der Waals surface area (Å²) in [5.74, 6) is 0.824. The summed E-state index contributed by atoms with van der Waals surface area (Å²) in [4.78, 5) is 15.9. The van der Waals surface area contributed by atoms with Crippen LogP contribution in [0, 0.1) is 6.92 Å². The molecule has 8 heteroatoms. The SMILES string of the molecule is Cc1ccc(NC(=O)C(Sc2nnc(N3CCCCC3)n2CC2CCCO2)c2ccccc2)cc1. The Morgan fingerprint density at radius 2 is 1.83 bits per heavy atom. The number of aryl methyl sites for hydroxylation is 1. The van der Waals surface area contributed by atoms with Crippen molar-refractivity contribution in [3.8, 4) is 0 Å². The Kier molecular flexibility index (Phi) is 7.69. The lowest BCUT2D eigenvalue weighted by Crippen LogP contribution is -2.33. The summed E-state index contributed by atoms with van der Waals surface area (Å²) >= 11 is 1.46. The van der Waals surface area contributed by atoms with Gasteiger partial charge in [0.1, 0.15) is 5.25 Å². The number of amides is 1. The molecule has 2 unspecified atom stereocenters. The van der Waals surface area contributed by atoms with Gasteiger partial charge in [-0.2, -0.15) is 0 Å². The van der Waals surface area contributed by atoms with Crippen LogP contribution in [0.15, 0.2) is 59.8 Å². The Bertz CT molecular complexity index is 1110. The number of hydrogen-bond acceptors (Lipinski definition) is 6. The lowest BCUT2D eigenvalue weighted by Gasteiger charge is -2.28. The fourth-order valence-electron chi connectivity index (χ4n) is 4.70. The van der Waals surface area contributed by atoms with Crippen molar-refractivity contribution in [2.24, 2.45) is 0 Å². The number of nitrogens with zero attached hydrogens (tertiary/aromatic N) is 4. The molecule has 1 amide bonds. The minimum atomic E-state index is -0.459. The highest BCUT2D eigenvalue weighted by Crippen LogP contribution is 2.37. The Morgan fingerprint density at radius 3 is 2.54 bits per heavy atom. The molecule has 3 aromatic rings. The summed E-state index contributed by atoms with van der Waals surface area (Å²) in [6, 6.07) is 17.8. The molecule has 35 heavy (non-hydrogen) atoms. The fraction of sp³-hybridized carbons (Fsp3) is 0.444. The first kappa shape index (κ1) is 23.9. The second kappa shape index (κ2) is 11.3. The van der Waals surface area contributed by atoms with Gasteiger partial charge in [-0.05, 0) is 56.7 Å². The number of carbonyl (C=O) groups is 1. The Morgan fingerprint density at radius 1 is 1.06 bits per heavy atom. The molecule has 0 bridgehead atoms. The molecular formula is C27H33N5O2S. The third kappa shape index (κ3) is 5.87. The van der Waals surface area contributed by atoms with E-state index in [0.29, 0.717) is 6.54 Å². The van der Waals surface area contributed by atoms with Crippen LogP contribution in [0.2, 0.25) is 0 Å². The first-order valence-electron chi connectivity index (χ1n) is 12.6. The van der Waals surface area contributed by atoms with Crippen molar-refractivity contribution < 1.29 is 9.53 Å². The van der Waals surface area contributed by atoms with Crippen molar-refractivity contribution in [1.82, 2.24) is 14.8 Å². The molecule has 0 saturated carbocycles. The number of aromatic nitrogens is 3. The smallest absolute Gasteiger partial charge is 0.242 e. The molecule has 0 spiro atoms. The monoisotopic (exact) mass is 491 g/mol. The van der Waals surface area contributed by atoms with Gasteiger partial charge in [0.2, 0.25) is 11.9 Å². The number of carbonyl (C=O) groups excluding carboxylic acids is 1. The second-order valence-electron chi connectivity index (χ2n) is 9.34. The lowest BCUT2D eigenvalue weighted by atomic mass is 10.1. The van der Waals surface area contributed by atoms with E-state index in [-0.39, 0.29) is 12.0 Å². The molecule has 1 aromatic heterocycles. The molecule has 3 heterocycles. The van der Waals surface area contributed by atoms with E-state index in [0.717, 1.165) is 60.5 Å². The maximum atomic E-state index is 13.5. The van der Waals surface area contributed by atoms with Gasteiger partial charge in [-0.1, -0.05) is 59.8 Å². The standard InChI is InChI=1S/C27H33N5O2S/c1-20-12-14-22(15-13-20)28-25(33)24(21-9-4-2-5-10-21)35-27-30-29-26(31-16-6-3-7-17-31)32(27)19-23-11-8-18-34-23/h2,4-5,9-10,12-15,23-24H,3,6-8,11,16-19H2,1H3,(H,28,33). The minimum absolute atomic E-state index is 0.0729. The summed E-state index contributed by atoms with van der Waals surface area (Å²) < 4.78 is 8.15. The fourth-order valence-corrected chi connectivity index (χ4v) is 5.74. The van der Waals surface area contributed by atoms with Crippen molar-refractivity contribution in [3.63, 3.8) is 0 Å². The molecule has 2 saturated heterocycles. The third-order valence-corrected chi connectivity index (χ3v) is 7.86. The quantitative estimate of drug-likeness (QED) is 0.435. The predicted octanol–water partition coefficient (Wildman–Crippen LogP) is 5.23. The summed E-state index contributed by atoms with van der Waals surface area (Å²) in [5.41, 5.74) is 2.88. The zero-order valence-corrected chi connectivity index (χ0v) is 21.0. The van der Waals surface area contributed by atoms with E-state index in [1.54, 1.807) is 0 Å². The number of thioether (sulfide) groups is 1. The average molecular weight is 492 g/mol. The maximum Gasteiger partial charge on any atom is 0.242 e. The zero-order chi connectivity index (χ0) is 24.0. The molecule has 0 aliphatic carbocycles. The first-order valence-corrected chi connectivity index (χ1v) is 13.4. The highest BCUT2D eigenvalue weighted by molar-refractivity contribution is 8.00. The van der Waals surface area contributed by atoms with E-state index < -0.39 is 5.25 Å². The van der Waals surface area contributed by atoms with Gasteiger partial charge >= 0.3 is 0 Å². The van der Waals surface area contributed by atoms with Gasteiger partial charge in [0.15, 0.2) is 5.16 Å². The van der Waals surface area contributed by atoms with Crippen LogP contribution in [-0.4, -0.2) is 46.5 Å². The number of hydrogen-bond donors (Lipinski definition) is 1. The van der Waals surface area contributed by atoms with Crippen LogP contribution in [-0.2, 0) is 16.1 Å². The number of benzene rings is 2. The van der Waals surface area contributed by atoms with Crippen LogP contribution in [0.1, 0.15) is 48.5 Å². The summed E-state index contributed by atoms with van der Waals surface area (Å²) in [7, 11) is 0. The van der Waals surface area contributed by atoms with Gasteiger partial charge in [0.25, 0.3) is 0 Å². The van der Waals surface area contributed by atoms with Gasteiger partial charge in [0.05, 0.1) is 12.6 Å². The summed E-state index contributed by atoms with van der Waals surface area (Å²) in [6.07, 6.45) is 5.87. The topological polar surface area (TPSA) is 72.3 Å². The highest BCUT2D eigenvalue weighted by atomic mass is 32.2. The van der Waals surface area contributed by atoms with Gasteiger partial charge in [-0.15, -0.1) is 10.2 Å². The van der Waals surface area contributed by atoms with Crippen molar-refractivity contribution >= 4 is 29.3 Å². The van der Waals surface area contributed by atoms with Crippen molar-refractivity contribution in [2.45, 2.75) is 62.1 Å². The van der Waals surface area contributed by atoms with Crippen LogP contribution in [0.4, 0.5) is 11.6 Å². The van der Waals surface area contributed by atoms with E-state index in [1.165, 1.54) is 31.0 Å². The Labute approximate surface area is 211 Å². The first-order chi connectivity index (χ1) is 17.2. The van der Waals surface area contributed by atoms with Crippen LogP contribution >= 0.6 is 11.8 Å². The third-order valence-electron chi connectivity index (χ3n) is 6.63. The van der Waals surface area contributed by atoms with E-state index in [2.05, 4.69) is 25.0 Å². The van der Waals surface area contributed by atoms with E-state index in [9.17, 15) is 4.79 Å². The molecule has 5 rings (SSSR count). The van der Waals surface area contributed by atoms with E-state index in [4.69, 9.17) is 4.74 Å². The number of ether oxygens (including phenoxy) is 1. The minimum Gasteiger partial charge on any atom is -0.376 e. The molecule has 2 fully saturated rings. The maximum absolute atomic E-state index is 13.5. The number of rotatable bonds is 8. The number of nitrogens with one attached hydrogen (secondary N) is 1. The Hall–Kier alpha value is -2.84. The molecular weight excluding hydrogens is 458 g/mol. The zero-order valence-electron chi connectivity index (χ0n) is 20.2. The van der Waals surface area contributed by atoms with Crippen molar-refractivity contribution in [2.75, 3.05) is 29.9 Å². The van der Waals surface area contributed by atoms with Crippen LogP contribution in [0.25, 0.3) is 0 Å². The van der Waals surface area contributed by atoms with Crippen LogP contribution in [0.3, 0.4) is 0 Å². The van der Waals surface area contributed by atoms with Gasteiger partial charge in [-0.3, -0.25) is 9.36 Å². The van der Waals surface area contributed by atoms with Crippen LogP contribution in [0.5, 0.6) is 0 Å². The normalized spacial score (nSPS) is 19.0. The van der Waals surface area contributed by atoms with E-state index in [1.807, 2.05) is 61.5 Å². The second-order valence-corrected chi connectivity index (χ2v) is 10.4. The molecule has 0 radical (unpaired) electrons. The molecule has 7 nitrogen and oxygen atoms in total. The Balaban J connectivity index is 1.44. The molecule has 2 atom stereocenters. The molecule has 2 aromatic carbocycles. The number of piperidine rings is 1. The van der Waals surface area contributed by atoms with Crippen molar-refractivity contribution in [3.05, 3.63) is 65.7 Å². The largest absolute Gasteiger partial charge is 0.376 e. The average Bonchev–Trinajstić information content (AvgIpc) is 3.55. The number of anilines is 2. The van der Waals surface area contributed by atoms with Gasteiger partial charge in [-0.25, -0.2) is 0 Å². The summed E-state index contributed by atoms with van der Waals surface area (Å²) in [5, 5.41) is 12.6. The van der Waals surface area contributed by atoms with Crippen LogP contribution < -0.4 is 10.2 Å². The van der Waals surface area contributed by atoms with Crippen molar-refractivity contribution in [1.29, 1.82) is 0 Å². The predicted molar refractivity (Wildman–Crippen MR) is 140 cm³/mol. The summed E-state index contributed by atoms with van der Waals surface area (Å²) in [6.45, 7) is 5.53. The molecule has 184 valence electrons. The van der Waals surface area contributed by atoms with E-state index >= 15 is 0 Å². The molecule has 2 aliphatic rings. The van der Waals surface area contributed by atoms with Gasteiger partial charge in [0, 0.05) is 25.4 Å².